The molecule has 0 unspecified atom stereocenters. The number of ether oxygens (including phenoxy) is 1. The van der Waals surface area contributed by atoms with Crippen LogP contribution in [0.1, 0.15) is 20.7 Å². The maximum Gasteiger partial charge on any atom is 0.337 e. The first-order chi connectivity index (χ1) is 13.5. The van der Waals surface area contributed by atoms with Gasteiger partial charge < -0.3 is 15.4 Å². The number of amides is 1. The van der Waals surface area contributed by atoms with Gasteiger partial charge in [0.1, 0.15) is 11.6 Å². The van der Waals surface area contributed by atoms with Crippen molar-refractivity contribution in [3.63, 3.8) is 0 Å². The van der Waals surface area contributed by atoms with Crippen LogP contribution in [0.25, 0.3) is 0 Å². The fourth-order valence-corrected chi connectivity index (χ4v) is 2.39. The molecular formula is C20H15F2N3O3. The molecule has 0 bridgehead atoms. The number of nitrogens with zero attached hydrogens (tertiary/aromatic N) is 1. The lowest BCUT2D eigenvalue weighted by Crippen LogP contribution is -2.13. The number of aromatic nitrogens is 1. The highest BCUT2D eigenvalue weighted by atomic mass is 19.1. The number of carbonyl (C=O) groups excluding carboxylic acids is 2. The lowest BCUT2D eigenvalue weighted by atomic mass is 10.2. The third kappa shape index (κ3) is 4.47. The summed E-state index contributed by atoms with van der Waals surface area (Å²) in [7, 11) is 1.30. The number of methoxy groups -OCH3 is 1. The molecule has 3 rings (SSSR count). The second kappa shape index (κ2) is 8.26. The van der Waals surface area contributed by atoms with Gasteiger partial charge in [-0.25, -0.2) is 13.6 Å². The summed E-state index contributed by atoms with van der Waals surface area (Å²) in [5, 5.41) is 5.42. The van der Waals surface area contributed by atoms with E-state index >= 15 is 0 Å². The molecule has 0 saturated heterocycles. The molecule has 0 spiro atoms. The van der Waals surface area contributed by atoms with Crippen LogP contribution in [0.2, 0.25) is 0 Å². The Kier molecular flexibility index (Phi) is 5.59. The molecule has 0 aliphatic heterocycles. The predicted octanol–water partition coefficient (Wildman–Crippen LogP) is 4.14. The highest BCUT2D eigenvalue weighted by Gasteiger charge is 2.11. The van der Waals surface area contributed by atoms with Gasteiger partial charge in [0, 0.05) is 18.0 Å². The highest BCUT2D eigenvalue weighted by molar-refractivity contribution is 6.04. The van der Waals surface area contributed by atoms with Crippen LogP contribution in [-0.2, 0) is 4.74 Å². The average Bonchev–Trinajstić information content (AvgIpc) is 2.70. The monoisotopic (exact) mass is 383 g/mol. The molecular weight excluding hydrogens is 368 g/mol. The van der Waals surface area contributed by atoms with Crippen LogP contribution in [-0.4, -0.2) is 24.0 Å². The molecule has 0 atom stereocenters. The number of rotatable bonds is 5. The van der Waals surface area contributed by atoms with Crippen LogP contribution in [0.3, 0.4) is 0 Å². The van der Waals surface area contributed by atoms with Crippen molar-refractivity contribution in [2.75, 3.05) is 17.7 Å². The summed E-state index contributed by atoms with van der Waals surface area (Å²) in [6.45, 7) is 0. The molecule has 142 valence electrons. The van der Waals surface area contributed by atoms with Gasteiger partial charge in [0.05, 0.1) is 35.8 Å². The zero-order chi connectivity index (χ0) is 20.1. The molecule has 0 aliphatic rings. The van der Waals surface area contributed by atoms with E-state index in [-0.39, 0.29) is 11.3 Å². The predicted molar refractivity (Wildman–Crippen MR) is 99.6 cm³/mol. The van der Waals surface area contributed by atoms with Gasteiger partial charge >= 0.3 is 5.97 Å². The molecule has 2 aromatic carbocycles. The largest absolute Gasteiger partial charge is 0.465 e. The second-order valence-corrected chi connectivity index (χ2v) is 5.73. The summed E-state index contributed by atoms with van der Waals surface area (Å²) in [5.41, 5.74) is 1.62. The van der Waals surface area contributed by atoms with E-state index in [2.05, 4.69) is 20.4 Å². The van der Waals surface area contributed by atoms with Gasteiger partial charge in [-0.1, -0.05) is 0 Å². The standard InChI is InChI=1S/C20H15F2N3O3/c1-28-20(27)12-2-5-15(6-3-12)24-16-8-13(10-23-11-16)19(26)25-18-7-4-14(21)9-17(18)22/h2-11,24H,1H3,(H,25,26). The first kappa shape index (κ1) is 19.0. The van der Waals surface area contributed by atoms with E-state index in [1.165, 1.54) is 25.6 Å². The van der Waals surface area contributed by atoms with E-state index < -0.39 is 23.5 Å². The van der Waals surface area contributed by atoms with Gasteiger partial charge in [0.15, 0.2) is 0 Å². The third-order valence-corrected chi connectivity index (χ3v) is 3.77. The van der Waals surface area contributed by atoms with Crippen LogP contribution in [0.5, 0.6) is 0 Å². The summed E-state index contributed by atoms with van der Waals surface area (Å²) in [4.78, 5) is 27.8. The van der Waals surface area contributed by atoms with Gasteiger partial charge in [0.25, 0.3) is 5.91 Å². The van der Waals surface area contributed by atoms with E-state index in [1.807, 2.05) is 0 Å². The summed E-state index contributed by atoms with van der Waals surface area (Å²) in [6, 6.07) is 10.9. The van der Waals surface area contributed by atoms with E-state index in [0.29, 0.717) is 23.0 Å². The van der Waals surface area contributed by atoms with Crippen LogP contribution in [0.15, 0.2) is 60.9 Å². The van der Waals surface area contributed by atoms with Gasteiger partial charge in [-0.05, 0) is 42.5 Å². The molecule has 2 N–H and O–H groups in total. The van der Waals surface area contributed by atoms with E-state index in [1.54, 1.807) is 24.3 Å². The number of nitrogens with one attached hydrogen (secondary N) is 2. The number of hydrogen-bond acceptors (Lipinski definition) is 5. The molecule has 28 heavy (non-hydrogen) atoms. The van der Waals surface area contributed by atoms with E-state index in [4.69, 9.17) is 0 Å². The van der Waals surface area contributed by atoms with Crippen molar-refractivity contribution in [3.8, 4) is 0 Å². The Morgan fingerprint density at radius 3 is 2.36 bits per heavy atom. The summed E-state index contributed by atoms with van der Waals surface area (Å²) in [5.74, 6) is -2.65. The number of anilines is 3. The molecule has 0 saturated carbocycles. The number of hydrogen-bond donors (Lipinski definition) is 2. The molecule has 8 heteroatoms. The Bertz CT molecular complexity index is 1020. The van der Waals surface area contributed by atoms with Crippen molar-refractivity contribution in [2.24, 2.45) is 0 Å². The molecule has 1 aromatic heterocycles. The van der Waals surface area contributed by atoms with Gasteiger partial charge in [0.2, 0.25) is 0 Å². The minimum Gasteiger partial charge on any atom is -0.465 e. The number of carbonyl (C=O) groups is 2. The summed E-state index contributed by atoms with van der Waals surface area (Å²) >= 11 is 0. The fraction of sp³-hybridized carbons (Fsp3) is 0.0500. The molecule has 0 fully saturated rings. The van der Waals surface area contributed by atoms with Gasteiger partial charge in [-0.3, -0.25) is 9.78 Å². The van der Waals surface area contributed by atoms with Gasteiger partial charge in [-0.2, -0.15) is 0 Å². The smallest absolute Gasteiger partial charge is 0.337 e. The first-order valence-electron chi connectivity index (χ1n) is 8.13. The van der Waals surface area contributed by atoms with E-state index in [9.17, 15) is 18.4 Å². The topological polar surface area (TPSA) is 80.3 Å². The maximum atomic E-state index is 13.7. The van der Waals surface area contributed by atoms with Crippen LogP contribution in [0.4, 0.5) is 25.8 Å². The minimum absolute atomic E-state index is 0.136. The molecule has 6 nitrogen and oxygen atoms in total. The second-order valence-electron chi connectivity index (χ2n) is 5.73. The van der Waals surface area contributed by atoms with E-state index in [0.717, 1.165) is 12.1 Å². The zero-order valence-corrected chi connectivity index (χ0v) is 14.7. The van der Waals surface area contributed by atoms with Gasteiger partial charge in [-0.15, -0.1) is 0 Å². The Morgan fingerprint density at radius 1 is 0.929 bits per heavy atom. The quantitative estimate of drug-likeness (QED) is 0.647. The third-order valence-electron chi connectivity index (χ3n) is 3.77. The molecule has 1 amide bonds. The lowest BCUT2D eigenvalue weighted by Gasteiger charge is -2.09. The number of benzene rings is 2. The van der Waals surface area contributed by atoms with Crippen LogP contribution >= 0.6 is 0 Å². The normalized spacial score (nSPS) is 10.2. The number of pyridine rings is 1. The maximum absolute atomic E-state index is 13.7. The highest BCUT2D eigenvalue weighted by Crippen LogP contribution is 2.20. The van der Waals surface area contributed by atoms with Crippen molar-refractivity contribution < 1.29 is 23.1 Å². The lowest BCUT2D eigenvalue weighted by molar-refractivity contribution is 0.0600. The van der Waals surface area contributed by atoms with Crippen LogP contribution in [0, 0.1) is 11.6 Å². The van der Waals surface area contributed by atoms with Crippen molar-refractivity contribution in [1.29, 1.82) is 0 Å². The van der Waals surface area contributed by atoms with Crippen molar-refractivity contribution in [2.45, 2.75) is 0 Å². The summed E-state index contributed by atoms with van der Waals surface area (Å²) < 4.78 is 31.3. The number of halogens is 2. The van der Waals surface area contributed by atoms with Crippen molar-refractivity contribution in [1.82, 2.24) is 4.98 Å². The molecule has 3 aromatic rings. The number of esters is 1. The molecule has 0 radical (unpaired) electrons. The Balaban J connectivity index is 1.72. The van der Waals surface area contributed by atoms with Crippen molar-refractivity contribution >= 4 is 28.9 Å². The molecule has 1 heterocycles. The SMILES string of the molecule is COC(=O)c1ccc(Nc2cncc(C(=O)Nc3ccc(F)cc3F)c2)cc1. The average molecular weight is 383 g/mol. The summed E-state index contributed by atoms with van der Waals surface area (Å²) in [6.07, 6.45) is 2.83. The Morgan fingerprint density at radius 2 is 1.68 bits per heavy atom. The zero-order valence-electron chi connectivity index (χ0n) is 14.7. The minimum atomic E-state index is -0.874. The van der Waals surface area contributed by atoms with Crippen LogP contribution < -0.4 is 10.6 Å². The Labute approximate surface area is 159 Å². The molecule has 0 aliphatic carbocycles. The fourth-order valence-electron chi connectivity index (χ4n) is 2.39. The Hall–Kier alpha value is -3.81. The van der Waals surface area contributed by atoms with Crippen molar-refractivity contribution in [3.05, 3.63) is 83.7 Å². The first-order valence-corrected chi connectivity index (χ1v) is 8.13.